The van der Waals surface area contributed by atoms with Gasteiger partial charge in [-0.3, -0.25) is 9.59 Å². The smallest absolute Gasteiger partial charge is 0.246 e. The maximum Gasteiger partial charge on any atom is 0.246 e. The average molecular weight is 219 g/mol. The summed E-state index contributed by atoms with van der Waals surface area (Å²) in [6.07, 6.45) is 0. The zero-order valence-corrected chi connectivity index (χ0v) is 9.15. The lowest BCUT2D eigenvalue weighted by molar-refractivity contribution is -0.121. The van der Waals surface area contributed by atoms with Gasteiger partial charge in [0, 0.05) is 18.7 Å². The Kier molecular flexibility index (Phi) is 5.95. The summed E-state index contributed by atoms with van der Waals surface area (Å²) in [7, 11) is 0. The van der Waals surface area contributed by atoms with Gasteiger partial charge < -0.3 is 10.6 Å². The van der Waals surface area contributed by atoms with E-state index in [4.69, 9.17) is 11.6 Å². The van der Waals surface area contributed by atoms with Crippen LogP contribution in [0.2, 0.25) is 0 Å². The summed E-state index contributed by atoms with van der Waals surface area (Å²) in [5.41, 5.74) is 0.446. The van der Waals surface area contributed by atoms with Crippen molar-refractivity contribution < 1.29 is 9.59 Å². The van der Waals surface area contributed by atoms with Crippen molar-refractivity contribution in [2.75, 3.05) is 13.1 Å². The molecule has 0 saturated heterocycles. The maximum absolute atomic E-state index is 11.0. The normalized spacial score (nSPS) is 11.6. The Morgan fingerprint density at radius 1 is 1.36 bits per heavy atom. The van der Waals surface area contributed by atoms with Gasteiger partial charge in [0.1, 0.15) is 5.38 Å². The molecule has 0 aromatic rings. The van der Waals surface area contributed by atoms with Crippen molar-refractivity contribution in [3.05, 3.63) is 12.2 Å². The topological polar surface area (TPSA) is 58.2 Å². The zero-order chi connectivity index (χ0) is 11.1. The van der Waals surface area contributed by atoms with Crippen LogP contribution >= 0.6 is 11.6 Å². The van der Waals surface area contributed by atoms with Crippen molar-refractivity contribution in [2.45, 2.75) is 19.2 Å². The molecule has 0 fully saturated rings. The molecule has 2 N–H and O–H groups in total. The first kappa shape index (κ1) is 13.0. The van der Waals surface area contributed by atoms with Gasteiger partial charge in [0.15, 0.2) is 0 Å². The fourth-order valence-corrected chi connectivity index (χ4v) is 0.730. The summed E-state index contributed by atoms with van der Waals surface area (Å²) < 4.78 is 0. The molecule has 0 rings (SSSR count). The lowest BCUT2D eigenvalue weighted by Gasteiger charge is -2.07. The number of halogens is 1. The first-order chi connectivity index (χ1) is 6.45. The average Bonchev–Trinajstić information content (AvgIpc) is 2.11. The second-order valence-corrected chi connectivity index (χ2v) is 3.60. The third kappa shape index (κ3) is 5.59. The van der Waals surface area contributed by atoms with E-state index in [0.717, 1.165) is 0 Å². The van der Waals surface area contributed by atoms with Crippen LogP contribution in [0.5, 0.6) is 0 Å². The molecule has 5 heteroatoms. The molecule has 0 saturated carbocycles. The molecule has 0 spiro atoms. The van der Waals surface area contributed by atoms with Crippen LogP contribution in [-0.2, 0) is 9.59 Å². The highest BCUT2D eigenvalue weighted by Crippen LogP contribution is 1.91. The van der Waals surface area contributed by atoms with Crippen LogP contribution in [-0.4, -0.2) is 30.3 Å². The molecule has 1 atom stereocenters. The van der Waals surface area contributed by atoms with E-state index in [0.29, 0.717) is 18.7 Å². The minimum absolute atomic E-state index is 0.210. The van der Waals surface area contributed by atoms with Crippen LogP contribution in [0.1, 0.15) is 13.8 Å². The van der Waals surface area contributed by atoms with E-state index >= 15 is 0 Å². The number of rotatable bonds is 5. The number of amides is 2. The lowest BCUT2D eigenvalue weighted by Crippen LogP contribution is -2.37. The first-order valence-electron chi connectivity index (χ1n) is 4.30. The molecular weight excluding hydrogens is 204 g/mol. The van der Waals surface area contributed by atoms with E-state index in [1.807, 2.05) is 0 Å². The van der Waals surface area contributed by atoms with E-state index < -0.39 is 5.38 Å². The fourth-order valence-electron chi connectivity index (χ4n) is 0.653. The van der Waals surface area contributed by atoms with Gasteiger partial charge in [-0.15, -0.1) is 11.6 Å². The third-order valence-corrected chi connectivity index (χ3v) is 1.66. The Labute approximate surface area is 88.7 Å². The third-order valence-electron chi connectivity index (χ3n) is 1.46. The van der Waals surface area contributed by atoms with Crippen molar-refractivity contribution in [1.29, 1.82) is 0 Å². The van der Waals surface area contributed by atoms with Gasteiger partial charge in [-0.25, -0.2) is 0 Å². The predicted molar refractivity (Wildman–Crippen MR) is 56.1 cm³/mol. The lowest BCUT2D eigenvalue weighted by atomic mass is 10.3. The van der Waals surface area contributed by atoms with E-state index in [1.165, 1.54) is 0 Å². The van der Waals surface area contributed by atoms with Crippen molar-refractivity contribution >= 4 is 23.4 Å². The van der Waals surface area contributed by atoms with E-state index in [-0.39, 0.29) is 11.8 Å². The van der Waals surface area contributed by atoms with Crippen LogP contribution < -0.4 is 10.6 Å². The monoisotopic (exact) mass is 218 g/mol. The molecule has 2 amide bonds. The summed E-state index contributed by atoms with van der Waals surface area (Å²) in [5, 5.41) is 4.59. The van der Waals surface area contributed by atoms with Crippen molar-refractivity contribution in [2.24, 2.45) is 0 Å². The summed E-state index contributed by atoms with van der Waals surface area (Å²) in [5.74, 6) is -0.450. The predicted octanol–water partition coefficient (Wildman–Crippen LogP) is 0.422. The van der Waals surface area contributed by atoms with Crippen LogP contribution in [0.4, 0.5) is 0 Å². The largest absolute Gasteiger partial charge is 0.353 e. The number of hydrogen-bond acceptors (Lipinski definition) is 2. The standard InChI is InChI=1S/C9H15ClN2O2/c1-6(2)8(13)11-4-5-12-9(14)7(3)10/h7H,1,4-5H2,2-3H3,(H,11,13)(H,12,14). The molecule has 0 heterocycles. The highest BCUT2D eigenvalue weighted by molar-refractivity contribution is 6.30. The molecular formula is C9H15ClN2O2. The molecule has 0 aliphatic carbocycles. The minimum Gasteiger partial charge on any atom is -0.353 e. The van der Waals surface area contributed by atoms with Gasteiger partial charge in [-0.2, -0.15) is 0 Å². The second kappa shape index (κ2) is 6.43. The Bertz CT molecular complexity index is 239. The zero-order valence-electron chi connectivity index (χ0n) is 8.39. The summed E-state index contributed by atoms with van der Waals surface area (Å²) in [6.45, 7) is 7.43. The molecule has 4 nitrogen and oxygen atoms in total. The summed E-state index contributed by atoms with van der Waals surface area (Å²) in [6, 6.07) is 0. The molecule has 0 radical (unpaired) electrons. The minimum atomic E-state index is -0.549. The molecule has 14 heavy (non-hydrogen) atoms. The van der Waals surface area contributed by atoms with E-state index in [2.05, 4.69) is 17.2 Å². The van der Waals surface area contributed by atoms with Gasteiger partial charge in [0.2, 0.25) is 11.8 Å². The van der Waals surface area contributed by atoms with Gasteiger partial charge >= 0.3 is 0 Å². The second-order valence-electron chi connectivity index (χ2n) is 2.94. The van der Waals surface area contributed by atoms with Crippen LogP contribution in [0.25, 0.3) is 0 Å². The Hall–Kier alpha value is -1.03. The Balaban J connectivity index is 3.52. The van der Waals surface area contributed by atoms with Gasteiger partial charge in [0.25, 0.3) is 0 Å². The van der Waals surface area contributed by atoms with Gasteiger partial charge in [0.05, 0.1) is 0 Å². The van der Waals surface area contributed by atoms with Crippen molar-refractivity contribution in [1.82, 2.24) is 10.6 Å². The summed E-state index contributed by atoms with van der Waals surface area (Å²) >= 11 is 5.51. The molecule has 0 aromatic carbocycles. The van der Waals surface area contributed by atoms with Crippen molar-refractivity contribution in [3.63, 3.8) is 0 Å². The first-order valence-corrected chi connectivity index (χ1v) is 4.74. The Morgan fingerprint density at radius 3 is 2.29 bits per heavy atom. The quantitative estimate of drug-likeness (QED) is 0.399. The summed E-state index contributed by atoms with van der Waals surface area (Å²) in [4.78, 5) is 21.9. The van der Waals surface area contributed by atoms with Gasteiger partial charge in [-0.1, -0.05) is 6.58 Å². The van der Waals surface area contributed by atoms with Crippen LogP contribution in [0.3, 0.4) is 0 Å². The van der Waals surface area contributed by atoms with Crippen LogP contribution in [0.15, 0.2) is 12.2 Å². The molecule has 0 bridgehead atoms. The SMILES string of the molecule is C=C(C)C(=O)NCCNC(=O)C(C)Cl. The van der Waals surface area contributed by atoms with Crippen molar-refractivity contribution in [3.8, 4) is 0 Å². The van der Waals surface area contributed by atoms with Gasteiger partial charge in [-0.05, 0) is 13.8 Å². The molecule has 80 valence electrons. The molecule has 0 aromatic heterocycles. The molecule has 0 aliphatic rings. The molecule has 1 unspecified atom stereocenters. The Morgan fingerprint density at radius 2 is 1.86 bits per heavy atom. The number of carbonyl (C=O) groups is 2. The molecule has 0 aliphatic heterocycles. The fraction of sp³-hybridized carbons (Fsp3) is 0.556. The van der Waals surface area contributed by atoms with E-state index in [9.17, 15) is 9.59 Å². The number of hydrogen-bond donors (Lipinski definition) is 2. The van der Waals surface area contributed by atoms with E-state index in [1.54, 1.807) is 13.8 Å². The maximum atomic E-state index is 11.0. The number of carbonyl (C=O) groups excluding carboxylic acids is 2. The number of nitrogens with one attached hydrogen (secondary N) is 2. The van der Waals surface area contributed by atoms with Crippen LogP contribution in [0, 0.1) is 0 Å². The highest BCUT2D eigenvalue weighted by Gasteiger charge is 2.07. The highest BCUT2D eigenvalue weighted by atomic mass is 35.5. The number of alkyl halides is 1.